The van der Waals surface area contributed by atoms with E-state index in [2.05, 4.69) is 20.7 Å². The van der Waals surface area contributed by atoms with E-state index in [1.54, 1.807) is 26.2 Å². The SMILES string of the molecule is COc1ccccc1[C@H](C)NS(=O)(=O)Cc1ccc(Br)cc1. The van der Waals surface area contributed by atoms with Gasteiger partial charge in [0.2, 0.25) is 10.0 Å². The molecule has 0 saturated carbocycles. The van der Waals surface area contributed by atoms with Gasteiger partial charge in [0.1, 0.15) is 5.75 Å². The van der Waals surface area contributed by atoms with Gasteiger partial charge in [-0.1, -0.05) is 46.3 Å². The van der Waals surface area contributed by atoms with Crippen molar-refractivity contribution in [2.75, 3.05) is 7.11 Å². The fourth-order valence-corrected chi connectivity index (χ4v) is 3.84. The lowest BCUT2D eigenvalue weighted by atomic mass is 10.1. The molecule has 0 bridgehead atoms. The number of halogens is 1. The van der Waals surface area contributed by atoms with Crippen molar-refractivity contribution in [3.63, 3.8) is 0 Å². The Morgan fingerprint density at radius 1 is 1.14 bits per heavy atom. The van der Waals surface area contributed by atoms with Crippen LogP contribution in [0.15, 0.2) is 53.0 Å². The summed E-state index contributed by atoms with van der Waals surface area (Å²) in [7, 11) is -1.87. The van der Waals surface area contributed by atoms with Crippen LogP contribution in [0.3, 0.4) is 0 Å². The number of hydrogen-bond donors (Lipinski definition) is 1. The second-order valence-corrected chi connectivity index (χ2v) is 7.64. The maximum atomic E-state index is 12.3. The molecule has 0 saturated heterocycles. The molecule has 1 N–H and O–H groups in total. The number of nitrogens with one attached hydrogen (secondary N) is 1. The summed E-state index contributed by atoms with van der Waals surface area (Å²) in [6.07, 6.45) is 0. The first-order chi connectivity index (χ1) is 10.4. The monoisotopic (exact) mass is 383 g/mol. The number of hydrogen-bond acceptors (Lipinski definition) is 3. The molecule has 0 spiro atoms. The number of para-hydroxylation sites is 1. The van der Waals surface area contributed by atoms with E-state index in [0.29, 0.717) is 5.75 Å². The molecule has 1 atom stereocenters. The van der Waals surface area contributed by atoms with E-state index < -0.39 is 10.0 Å². The summed E-state index contributed by atoms with van der Waals surface area (Å²) >= 11 is 3.33. The normalized spacial score (nSPS) is 12.9. The third-order valence-electron chi connectivity index (χ3n) is 3.23. The summed E-state index contributed by atoms with van der Waals surface area (Å²) in [4.78, 5) is 0. The minimum absolute atomic E-state index is 0.0558. The van der Waals surface area contributed by atoms with Crippen molar-refractivity contribution in [1.29, 1.82) is 0 Å². The Morgan fingerprint density at radius 2 is 1.77 bits per heavy atom. The zero-order chi connectivity index (χ0) is 16.2. The second-order valence-electron chi connectivity index (χ2n) is 4.97. The highest BCUT2D eigenvalue weighted by molar-refractivity contribution is 9.10. The van der Waals surface area contributed by atoms with E-state index in [1.807, 2.05) is 36.4 Å². The molecule has 0 aliphatic carbocycles. The molecule has 22 heavy (non-hydrogen) atoms. The Balaban J connectivity index is 2.12. The molecule has 2 aromatic rings. The molecule has 118 valence electrons. The van der Waals surface area contributed by atoms with Crippen molar-refractivity contribution in [2.24, 2.45) is 0 Å². The molecule has 0 heterocycles. The maximum Gasteiger partial charge on any atom is 0.216 e. The van der Waals surface area contributed by atoms with Crippen molar-refractivity contribution >= 4 is 26.0 Å². The van der Waals surface area contributed by atoms with E-state index in [-0.39, 0.29) is 11.8 Å². The van der Waals surface area contributed by atoms with Gasteiger partial charge in [-0.05, 0) is 30.7 Å². The van der Waals surface area contributed by atoms with Crippen LogP contribution >= 0.6 is 15.9 Å². The van der Waals surface area contributed by atoms with Crippen LogP contribution in [0.4, 0.5) is 0 Å². The summed E-state index contributed by atoms with van der Waals surface area (Å²) in [5.41, 5.74) is 1.55. The van der Waals surface area contributed by atoms with Gasteiger partial charge in [-0.2, -0.15) is 0 Å². The number of methoxy groups -OCH3 is 1. The van der Waals surface area contributed by atoms with Gasteiger partial charge in [0.15, 0.2) is 0 Å². The molecule has 4 nitrogen and oxygen atoms in total. The lowest BCUT2D eigenvalue weighted by Gasteiger charge is -2.17. The van der Waals surface area contributed by atoms with Gasteiger partial charge in [-0.25, -0.2) is 13.1 Å². The Kier molecular flexibility index (Phi) is 5.61. The van der Waals surface area contributed by atoms with Crippen LogP contribution in [0.1, 0.15) is 24.1 Å². The largest absolute Gasteiger partial charge is 0.496 e. The van der Waals surface area contributed by atoms with Crippen molar-refractivity contribution < 1.29 is 13.2 Å². The highest BCUT2D eigenvalue weighted by Crippen LogP contribution is 2.25. The molecular weight excluding hydrogens is 366 g/mol. The minimum Gasteiger partial charge on any atom is -0.496 e. The van der Waals surface area contributed by atoms with Crippen LogP contribution in [-0.2, 0) is 15.8 Å². The number of benzene rings is 2. The quantitative estimate of drug-likeness (QED) is 0.828. The third kappa shape index (κ3) is 4.56. The van der Waals surface area contributed by atoms with Crippen LogP contribution in [0.2, 0.25) is 0 Å². The molecule has 0 fully saturated rings. The topological polar surface area (TPSA) is 55.4 Å². The van der Waals surface area contributed by atoms with Crippen LogP contribution in [-0.4, -0.2) is 15.5 Å². The molecular formula is C16H18BrNO3S. The van der Waals surface area contributed by atoms with E-state index in [4.69, 9.17) is 4.74 Å². The van der Waals surface area contributed by atoms with Gasteiger partial charge in [-0.3, -0.25) is 0 Å². The Bertz CT molecular complexity index is 729. The van der Waals surface area contributed by atoms with Crippen molar-refractivity contribution in [3.05, 3.63) is 64.1 Å². The lowest BCUT2D eigenvalue weighted by Crippen LogP contribution is -2.28. The highest BCUT2D eigenvalue weighted by atomic mass is 79.9. The minimum atomic E-state index is -3.44. The Labute approximate surface area is 139 Å². The summed E-state index contributed by atoms with van der Waals surface area (Å²) in [6.45, 7) is 1.80. The fraction of sp³-hybridized carbons (Fsp3) is 0.250. The summed E-state index contributed by atoms with van der Waals surface area (Å²) < 4.78 is 33.5. The first-order valence-electron chi connectivity index (χ1n) is 6.78. The van der Waals surface area contributed by atoms with Crippen molar-refractivity contribution in [3.8, 4) is 5.75 Å². The smallest absolute Gasteiger partial charge is 0.216 e. The zero-order valence-electron chi connectivity index (χ0n) is 12.4. The molecule has 2 aromatic carbocycles. The highest BCUT2D eigenvalue weighted by Gasteiger charge is 2.18. The van der Waals surface area contributed by atoms with Crippen molar-refractivity contribution in [1.82, 2.24) is 4.72 Å². The Morgan fingerprint density at radius 3 is 2.41 bits per heavy atom. The summed E-state index contributed by atoms with van der Waals surface area (Å²) in [6, 6.07) is 14.2. The Hall–Kier alpha value is -1.37. The van der Waals surface area contributed by atoms with Gasteiger partial charge in [0, 0.05) is 16.1 Å². The first kappa shape index (κ1) is 17.0. The maximum absolute atomic E-state index is 12.3. The van der Waals surface area contributed by atoms with Gasteiger partial charge in [-0.15, -0.1) is 0 Å². The van der Waals surface area contributed by atoms with E-state index in [0.717, 1.165) is 15.6 Å². The molecule has 0 amide bonds. The molecule has 0 unspecified atom stereocenters. The average Bonchev–Trinajstić information content (AvgIpc) is 2.48. The second kappa shape index (κ2) is 7.26. The first-order valence-corrected chi connectivity index (χ1v) is 9.23. The van der Waals surface area contributed by atoms with Gasteiger partial charge in [0.05, 0.1) is 12.9 Å². The summed E-state index contributed by atoms with van der Waals surface area (Å²) in [5, 5.41) is 0. The van der Waals surface area contributed by atoms with Crippen LogP contribution in [0, 0.1) is 0 Å². The zero-order valence-corrected chi connectivity index (χ0v) is 14.8. The molecule has 0 aliphatic rings. The molecule has 0 aliphatic heterocycles. The van der Waals surface area contributed by atoms with Crippen LogP contribution in [0.25, 0.3) is 0 Å². The predicted octanol–water partition coefficient (Wildman–Crippen LogP) is 3.64. The van der Waals surface area contributed by atoms with Gasteiger partial charge < -0.3 is 4.74 Å². The summed E-state index contributed by atoms with van der Waals surface area (Å²) in [5.74, 6) is 0.612. The van der Waals surface area contributed by atoms with E-state index in [9.17, 15) is 8.42 Å². The van der Waals surface area contributed by atoms with Crippen LogP contribution < -0.4 is 9.46 Å². The fourth-order valence-electron chi connectivity index (χ4n) is 2.20. The van der Waals surface area contributed by atoms with Gasteiger partial charge >= 0.3 is 0 Å². The third-order valence-corrected chi connectivity index (χ3v) is 5.19. The number of rotatable bonds is 6. The predicted molar refractivity (Wildman–Crippen MR) is 91.3 cm³/mol. The molecule has 2 rings (SSSR count). The molecule has 6 heteroatoms. The standard InChI is InChI=1S/C16H18BrNO3S/c1-12(15-5-3-4-6-16(15)21-2)18-22(19,20)11-13-7-9-14(17)10-8-13/h3-10,12,18H,11H2,1-2H3/t12-/m0/s1. The van der Waals surface area contributed by atoms with E-state index >= 15 is 0 Å². The number of sulfonamides is 1. The molecule has 0 aromatic heterocycles. The van der Waals surface area contributed by atoms with E-state index in [1.165, 1.54) is 0 Å². The lowest BCUT2D eigenvalue weighted by molar-refractivity contribution is 0.405. The average molecular weight is 384 g/mol. The van der Waals surface area contributed by atoms with Crippen molar-refractivity contribution in [2.45, 2.75) is 18.7 Å². The van der Waals surface area contributed by atoms with Gasteiger partial charge in [0.25, 0.3) is 0 Å². The number of ether oxygens (including phenoxy) is 1. The molecule has 0 radical (unpaired) electrons. The van der Waals surface area contributed by atoms with Crippen LogP contribution in [0.5, 0.6) is 5.75 Å².